The lowest BCUT2D eigenvalue weighted by Crippen LogP contribution is -2.39. The van der Waals surface area contributed by atoms with Crippen LogP contribution in [0.1, 0.15) is 22.9 Å². The van der Waals surface area contributed by atoms with E-state index in [0.717, 1.165) is 10.4 Å². The van der Waals surface area contributed by atoms with E-state index >= 15 is 0 Å². The monoisotopic (exact) mass is 449 g/mol. The molecule has 6 nitrogen and oxygen atoms in total. The number of para-hydroxylation sites is 1. The number of benzene rings is 2. The molecule has 2 aromatic carbocycles. The van der Waals surface area contributed by atoms with Gasteiger partial charge in [-0.1, -0.05) is 30.3 Å². The normalized spacial score (nSPS) is 13.4. The summed E-state index contributed by atoms with van der Waals surface area (Å²) in [4.78, 5) is 42.2. The van der Waals surface area contributed by atoms with Crippen molar-refractivity contribution in [2.24, 2.45) is 0 Å². The summed E-state index contributed by atoms with van der Waals surface area (Å²) in [5.74, 6) is -0.405. The minimum Gasteiger partial charge on any atom is -0.337 e. The lowest BCUT2D eigenvalue weighted by Gasteiger charge is -2.25. The number of halogens is 1. The third kappa shape index (κ3) is 3.36. The van der Waals surface area contributed by atoms with Gasteiger partial charge in [0.15, 0.2) is 0 Å². The largest absolute Gasteiger partial charge is 0.337 e. The molecule has 8 heteroatoms. The molecule has 1 aliphatic rings. The van der Waals surface area contributed by atoms with Gasteiger partial charge in [0.05, 0.1) is 24.2 Å². The predicted octanol–water partition coefficient (Wildman–Crippen LogP) is 3.31. The average Bonchev–Trinajstić information content (AvgIpc) is 3.16. The number of hydrogen-bond donors (Lipinski definition) is 0. The van der Waals surface area contributed by atoms with Crippen LogP contribution in [0.4, 0.5) is 4.39 Å². The topological polar surface area (TPSA) is 64.3 Å². The summed E-state index contributed by atoms with van der Waals surface area (Å²) in [7, 11) is 0. The van der Waals surface area contributed by atoms with Gasteiger partial charge < -0.3 is 4.90 Å². The number of fused-ring (bicyclic) bond motifs is 3. The molecule has 4 aromatic rings. The number of carbonyl (C=O) groups excluding carboxylic acids is 1. The Balaban J connectivity index is 1.80. The lowest BCUT2D eigenvalue weighted by atomic mass is 10.1. The van der Waals surface area contributed by atoms with Crippen molar-refractivity contribution in [2.45, 2.75) is 26.4 Å². The van der Waals surface area contributed by atoms with Crippen molar-refractivity contribution in [3.8, 4) is 5.69 Å². The molecule has 162 valence electrons. The van der Waals surface area contributed by atoms with E-state index in [4.69, 9.17) is 0 Å². The molecule has 0 bridgehead atoms. The van der Waals surface area contributed by atoms with Crippen molar-refractivity contribution in [1.82, 2.24) is 14.0 Å². The molecule has 0 unspecified atom stereocenters. The fourth-order valence-corrected chi connectivity index (χ4v) is 5.58. The van der Waals surface area contributed by atoms with Crippen LogP contribution in [0.25, 0.3) is 15.9 Å². The number of hydrogen-bond acceptors (Lipinski definition) is 4. The Kier molecular flexibility index (Phi) is 5.01. The van der Waals surface area contributed by atoms with Gasteiger partial charge in [0, 0.05) is 18.3 Å². The number of rotatable bonds is 3. The summed E-state index contributed by atoms with van der Waals surface area (Å²) in [5.41, 5.74) is 1.17. The van der Waals surface area contributed by atoms with Crippen molar-refractivity contribution in [3.05, 3.63) is 97.3 Å². The zero-order valence-electron chi connectivity index (χ0n) is 17.4. The van der Waals surface area contributed by atoms with Crippen LogP contribution in [0.5, 0.6) is 0 Å². The molecule has 0 atom stereocenters. The molecule has 32 heavy (non-hydrogen) atoms. The SMILES string of the molecule is CC(=O)N1CCc2c(sc3c2c(=O)n(-c2ccccc2)c(=O)n3Cc2cccc(F)c2)C1. The first-order valence-electron chi connectivity index (χ1n) is 10.3. The minimum absolute atomic E-state index is 0.0213. The molecule has 0 saturated heterocycles. The van der Waals surface area contributed by atoms with Gasteiger partial charge in [-0.3, -0.25) is 14.2 Å². The van der Waals surface area contributed by atoms with Gasteiger partial charge in [-0.2, -0.15) is 0 Å². The second-order valence-electron chi connectivity index (χ2n) is 7.85. The highest BCUT2D eigenvalue weighted by atomic mass is 32.1. The highest BCUT2D eigenvalue weighted by molar-refractivity contribution is 7.18. The Labute approximate surface area is 186 Å². The van der Waals surface area contributed by atoms with E-state index in [1.807, 2.05) is 6.07 Å². The first-order valence-corrected chi connectivity index (χ1v) is 11.1. The Morgan fingerprint density at radius 1 is 1.09 bits per heavy atom. The number of carbonyl (C=O) groups is 1. The van der Waals surface area contributed by atoms with Gasteiger partial charge in [0.25, 0.3) is 5.56 Å². The third-order valence-corrected chi connectivity index (χ3v) is 7.05. The molecule has 0 saturated carbocycles. The van der Waals surface area contributed by atoms with Crippen molar-refractivity contribution < 1.29 is 9.18 Å². The van der Waals surface area contributed by atoms with Gasteiger partial charge in [-0.15, -0.1) is 11.3 Å². The van der Waals surface area contributed by atoms with Gasteiger partial charge in [0.1, 0.15) is 10.6 Å². The molecule has 5 rings (SSSR count). The zero-order valence-corrected chi connectivity index (χ0v) is 18.2. The number of thiophene rings is 1. The van der Waals surface area contributed by atoms with E-state index in [2.05, 4.69) is 0 Å². The lowest BCUT2D eigenvalue weighted by molar-refractivity contribution is -0.129. The van der Waals surface area contributed by atoms with E-state index in [1.54, 1.807) is 45.9 Å². The van der Waals surface area contributed by atoms with Crippen LogP contribution in [0.3, 0.4) is 0 Å². The summed E-state index contributed by atoms with van der Waals surface area (Å²) < 4.78 is 16.5. The van der Waals surface area contributed by atoms with Gasteiger partial charge in [-0.25, -0.2) is 13.8 Å². The van der Waals surface area contributed by atoms with Crippen LogP contribution in [0, 0.1) is 5.82 Å². The van der Waals surface area contributed by atoms with E-state index in [9.17, 15) is 18.8 Å². The Morgan fingerprint density at radius 2 is 1.88 bits per heavy atom. The molecule has 0 fully saturated rings. The van der Waals surface area contributed by atoms with Crippen molar-refractivity contribution in [2.75, 3.05) is 6.54 Å². The van der Waals surface area contributed by atoms with Crippen LogP contribution in [0.15, 0.2) is 64.2 Å². The highest BCUT2D eigenvalue weighted by Gasteiger charge is 2.27. The zero-order chi connectivity index (χ0) is 22.4. The molecule has 0 radical (unpaired) electrons. The maximum absolute atomic E-state index is 13.8. The molecular formula is C24H20FN3O3S. The standard InChI is InChI=1S/C24H20FN3O3S/c1-15(29)26-11-10-19-20(14-26)32-23-21(19)22(30)28(18-8-3-2-4-9-18)24(31)27(23)13-16-6-5-7-17(25)12-16/h2-9,12H,10-11,13-14H2,1H3. The van der Waals surface area contributed by atoms with Crippen LogP contribution >= 0.6 is 11.3 Å². The second-order valence-corrected chi connectivity index (χ2v) is 8.93. The van der Waals surface area contributed by atoms with E-state index < -0.39 is 5.69 Å². The molecule has 0 N–H and O–H groups in total. The second kappa shape index (κ2) is 7.87. The Bertz CT molecular complexity index is 1470. The highest BCUT2D eigenvalue weighted by Crippen LogP contribution is 2.33. The third-order valence-electron chi connectivity index (χ3n) is 5.81. The number of aromatic nitrogens is 2. The van der Waals surface area contributed by atoms with Crippen LogP contribution < -0.4 is 11.2 Å². The Morgan fingerprint density at radius 3 is 2.59 bits per heavy atom. The summed E-state index contributed by atoms with van der Waals surface area (Å²) >= 11 is 1.37. The number of amides is 1. The van der Waals surface area contributed by atoms with Crippen LogP contribution in [0.2, 0.25) is 0 Å². The summed E-state index contributed by atoms with van der Waals surface area (Å²) in [6, 6.07) is 14.9. The van der Waals surface area contributed by atoms with Crippen molar-refractivity contribution in [1.29, 1.82) is 0 Å². The molecular weight excluding hydrogens is 429 g/mol. The van der Waals surface area contributed by atoms with E-state index in [0.29, 0.717) is 41.0 Å². The molecule has 2 aromatic heterocycles. The Hall–Kier alpha value is -3.52. The average molecular weight is 450 g/mol. The first kappa shape index (κ1) is 20.4. The predicted molar refractivity (Wildman–Crippen MR) is 122 cm³/mol. The minimum atomic E-state index is -0.472. The first-order chi connectivity index (χ1) is 15.4. The number of nitrogens with zero attached hydrogens (tertiary/aromatic N) is 3. The quantitative estimate of drug-likeness (QED) is 0.482. The smallest absolute Gasteiger partial charge is 0.337 e. The molecule has 1 amide bonds. The molecule has 1 aliphatic heterocycles. The van der Waals surface area contributed by atoms with Crippen LogP contribution in [-0.2, 0) is 24.3 Å². The maximum atomic E-state index is 13.8. The summed E-state index contributed by atoms with van der Waals surface area (Å²) in [6.07, 6.45) is 0.553. The maximum Gasteiger partial charge on any atom is 0.337 e. The van der Waals surface area contributed by atoms with E-state index in [1.165, 1.54) is 35.0 Å². The summed E-state index contributed by atoms with van der Waals surface area (Å²) in [6.45, 7) is 2.61. The summed E-state index contributed by atoms with van der Waals surface area (Å²) in [5, 5.41) is 0.507. The van der Waals surface area contributed by atoms with Gasteiger partial charge in [0.2, 0.25) is 5.91 Å². The van der Waals surface area contributed by atoms with E-state index in [-0.39, 0.29) is 23.8 Å². The van der Waals surface area contributed by atoms with Crippen molar-refractivity contribution >= 4 is 27.5 Å². The van der Waals surface area contributed by atoms with Crippen LogP contribution in [-0.4, -0.2) is 26.5 Å². The molecule has 0 spiro atoms. The molecule has 3 heterocycles. The fourth-order valence-electron chi connectivity index (χ4n) is 4.24. The fraction of sp³-hybridized carbons (Fsp3) is 0.208. The van der Waals surface area contributed by atoms with Gasteiger partial charge >= 0.3 is 5.69 Å². The van der Waals surface area contributed by atoms with Gasteiger partial charge in [-0.05, 0) is 41.8 Å². The van der Waals surface area contributed by atoms with Crippen molar-refractivity contribution in [3.63, 3.8) is 0 Å². The molecule has 0 aliphatic carbocycles.